The Hall–Kier alpha value is -1.68. The van der Waals surface area contributed by atoms with Crippen LogP contribution in [0.1, 0.15) is 41.9 Å². The Kier molecular flexibility index (Phi) is 5.92. The third-order valence-electron chi connectivity index (χ3n) is 6.43. The molecule has 1 N–H and O–H groups in total. The molecule has 0 saturated carbocycles. The number of nitrogens with zero attached hydrogens (tertiary/aromatic N) is 2. The maximum Gasteiger partial charge on any atom is 0.0720 e. The van der Waals surface area contributed by atoms with Crippen molar-refractivity contribution in [3.05, 3.63) is 71.3 Å². The van der Waals surface area contributed by atoms with Crippen LogP contribution in [0.2, 0.25) is 0 Å². The van der Waals surface area contributed by atoms with E-state index < -0.39 is 0 Å². The summed E-state index contributed by atoms with van der Waals surface area (Å²) < 4.78 is 0. The van der Waals surface area contributed by atoms with E-state index in [0.717, 1.165) is 39.1 Å². The SMILES string of the molecule is Cc1ccc(CN2CC[C@@H](O)[C@H](N3CCC(c4ccccc4)CC3)C2)cc1. The first kappa shape index (κ1) is 18.7. The van der Waals surface area contributed by atoms with Gasteiger partial charge >= 0.3 is 0 Å². The summed E-state index contributed by atoms with van der Waals surface area (Å²) in [7, 11) is 0. The van der Waals surface area contributed by atoms with Crippen LogP contribution < -0.4 is 0 Å². The van der Waals surface area contributed by atoms with Gasteiger partial charge in [0.25, 0.3) is 0 Å². The molecule has 0 spiro atoms. The molecule has 2 aliphatic rings. The van der Waals surface area contributed by atoms with Gasteiger partial charge in [-0.2, -0.15) is 0 Å². The standard InChI is InChI=1S/C24H32N2O/c1-19-7-9-20(10-8-19)17-25-14-13-24(27)23(18-25)26-15-11-22(12-16-26)21-5-3-2-4-6-21/h2-10,22-24,27H,11-18H2,1H3/t23-,24-/m1/s1. The quantitative estimate of drug-likeness (QED) is 0.894. The van der Waals surface area contributed by atoms with Gasteiger partial charge in [0.15, 0.2) is 0 Å². The lowest BCUT2D eigenvalue weighted by molar-refractivity contribution is -0.0222. The fraction of sp³-hybridized carbons (Fsp3) is 0.500. The molecule has 2 heterocycles. The lowest BCUT2D eigenvalue weighted by atomic mass is 9.88. The predicted octanol–water partition coefficient (Wildman–Crippen LogP) is 3.81. The van der Waals surface area contributed by atoms with E-state index >= 15 is 0 Å². The van der Waals surface area contributed by atoms with E-state index in [1.807, 2.05) is 0 Å². The highest BCUT2D eigenvalue weighted by atomic mass is 16.3. The Labute approximate surface area is 163 Å². The molecule has 2 aromatic carbocycles. The molecular formula is C24H32N2O. The Balaban J connectivity index is 1.34. The van der Waals surface area contributed by atoms with Crippen molar-refractivity contribution in [3.8, 4) is 0 Å². The summed E-state index contributed by atoms with van der Waals surface area (Å²) in [6, 6.07) is 20.1. The van der Waals surface area contributed by atoms with Crippen LogP contribution in [0.4, 0.5) is 0 Å². The number of hydrogen-bond acceptors (Lipinski definition) is 3. The monoisotopic (exact) mass is 364 g/mol. The van der Waals surface area contributed by atoms with Crippen LogP contribution >= 0.6 is 0 Å². The molecular weight excluding hydrogens is 332 g/mol. The highest BCUT2D eigenvalue weighted by Gasteiger charge is 2.34. The molecule has 2 atom stereocenters. The highest BCUT2D eigenvalue weighted by molar-refractivity contribution is 5.22. The number of aryl methyl sites for hydroxylation is 1. The zero-order chi connectivity index (χ0) is 18.6. The maximum absolute atomic E-state index is 10.7. The number of likely N-dealkylation sites (tertiary alicyclic amines) is 2. The fourth-order valence-corrected chi connectivity index (χ4v) is 4.73. The second-order valence-electron chi connectivity index (χ2n) is 8.37. The summed E-state index contributed by atoms with van der Waals surface area (Å²) in [5.74, 6) is 0.673. The van der Waals surface area contributed by atoms with Crippen LogP contribution in [0.15, 0.2) is 54.6 Å². The van der Waals surface area contributed by atoms with Crippen molar-refractivity contribution in [2.45, 2.75) is 50.8 Å². The lowest BCUT2D eigenvalue weighted by Gasteiger charge is -2.45. The number of aliphatic hydroxyl groups excluding tert-OH is 1. The van der Waals surface area contributed by atoms with Crippen LogP contribution in [0.25, 0.3) is 0 Å². The van der Waals surface area contributed by atoms with Gasteiger partial charge in [-0.15, -0.1) is 0 Å². The van der Waals surface area contributed by atoms with Crippen molar-refractivity contribution in [3.63, 3.8) is 0 Å². The number of piperidine rings is 2. The van der Waals surface area contributed by atoms with Crippen LogP contribution in [0.3, 0.4) is 0 Å². The summed E-state index contributed by atoms with van der Waals surface area (Å²) in [5, 5.41) is 10.7. The average molecular weight is 365 g/mol. The molecule has 4 rings (SSSR count). The van der Waals surface area contributed by atoms with E-state index in [9.17, 15) is 5.11 Å². The van der Waals surface area contributed by atoms with E-state index in [1.54, 1.807) is 0 Å². The molecule has 2 saturated heterocycles. The van der Waals surface area contributed by atoms with Crippen molar-refractivity contribution in [2.24, 2.45) is 0 Å². The lowest BCUT2D eigenvalue weighted by Crippen LogP contribution is -2.56. The summed E-state index contributed by atoms with van der Waals surface area (Å²) >= 11 is 0. The molecule has 0 aromatic heterocycles. The molecule has 2 aliphatic heterocycles. The minimum absolute atomic E-state index is 0.187. The van der Waals surface area contributed by atoms with Crippen molar-refractivity contribution in [2.75, 3.05) is 26.2 Å². The van der Waals surface area contributed by atoms with Crippen LogP contribution in [-0.4, -0.2) is 53.2 Å². The van der Waals surface area contributed by atoms with E-state index in [1.165, 1.54) is 29.5 Å². The van der Waals surface area contributed by atoms with Gasteiger partial charge in [0.1, 0.15) is 0 Å². The highest BCUT2D eigenvalue weighted by Crippen LogP contribution is 2.30. The van der Waals surface area contributed by atoms with Gasteiger partial charge in [0, 0.05) is 25.7 Å². The molecule has 2 fully saturated rings. The largest absolute Gasteiger partial charge is 0.391 e. The van der Waals surface area contributed by atoms with Crippen molar-refractivity contribution >= 4 is 0 Å². The molecule has 27 heavy (non-hydrogen) atoms. The fourth-order valence-electron chi connectivity index (χ4n) is 4.73. The van der Waals surface area contributed by atoms with Gasteiger partial charge < -0.3 is 5.11 Å². The smallest absolute Gasteiger partial charge is 0.0720 e. The van der Waals surface area contributed by atoms with Crippen molar-refractivity contribution < 1.29 is 5.11 Å². The minimum Gasteiger partial charge on any atom is -0.391 e. The second kappa shape index (κ2) is 8.55. The summed E-state index contributed by atoms with van der Waals surface area (Å²) in [4.78, 5) is 5.07. The topological polar surface area (TPSA) is 26.7 Å². The van der Waals surface area contributed by atoms with Crippen molar-refractivity contribution in [1.29, 1.82) is 0 Å². The van der Waals surface area contributed by atoms with Gasteiger partial charge in [-0.3, -0.25) is 9.80 Å². The maximum atomic E-state index is 10.7. The Bertz CT molecular complexity index is 707. The molecule has 3 nitrogen and oxygen atoms in total. The first-order valence-corrected chi connectivity index (χ1v) is 10.4. The summed E-state index contributed by atoms with van der Waals surface area (Å²) in [6.07, 6.45) is 3.10. The van der Waals surface area contributed by atoms with E-state index in [-0.39, 0.29) is 12.1 Å². The molecule has 144 valence electrons. The van der Waals surface area contributed by atoms with Crippen LogP contribution in [-0.2, 0) is 6.54 Å². The summed E-state index contributed by atoms with van der Waals surface area (Å²) in [6.45, 7) is 7.29. The molecule has 0 unspecified atom stereocenters. The molecule has 0 amide bonds. The van der Waals surface area contributed by atoms with Crippen molar-refractivity contribution in [1.82, 2.24) is 9.80 Å². The van der Waals surface area contributed by atoms with Crippen LogP contribution in [0.5, 0.6) is 0 Å². The molecule has 0 radical (unpaired) electrons. The third kappa shape index (κ3) is 4.60. The van der Waals surface area contributed by atoms with Gasteiger partial charge in [0.2, 0.25) is 0 Å². The molecule has 2 aromatic rings. The van der Waals surface area contributed by atoms with E-state index in [2.05, 4.69) is 71.3 Å². The van der Waals surface area contributed by atoms with Gasteiger partial charge in [0.05, 0.1) is 6.10 Å². The molecule has 0 bridgehead atoms. The minimum atomic E-state index is -0.187. The average Bonchev–Trinajstić information content (AvgIpc) is 2.72. The van der Waals surface area contributed by atoms with Gasteiger partial charge in [-0.1, -0.05) is 60.2 Å². The number of aliphatic hydroxyl groups is 1. The Morgan fingerprint density at radius 2 is 1.59 bits per heavy atom. The normalized spacial score (nSPS) is 25.6. The third-order valence-corrected chi connectivity index (χ3v) is 6.43. The summed E-state index contributed by atoms with van der Waals surface area (Å²) in [5.41, 5.74) is 4.16. The zero-order valence-corrected chi connectivity index (χ0v) is 16.4. The second-order valence-corrected chi connectivity index (χ2v) is 8.37. The van der Waals surface area contributed by atoms with E-state index in [4.69, 9.17) is 0 Å². The van der Waals surface area contributed by atoms with E-state index in [0.29, 0.717) is 5.92 Å². The predicted molar refractivity (Wildman–Crippen MR) is 111 cm³/mol. The first-order valence-electron chi connectivity index (χ1n) is 10.4. The zero-order valence-electron chi connectivity index (χ0n) is 16.4. The number of benzene rings is 2. The molecule has 3 heteroatoms. The van der Waals surface area contributed by atoms with Gasteiger partial charge in [-0.25, -0.2) is 0 Å². The van der Waals surface area contributed by atoms with Crippen LogP contribution in [0, 0.1) is 6.92 Å². The molecule has 0 aliphatic carbocycles. The first-order chi connectivity index (χ1) is 13.2. The Morgan fingerprint density at radius 3 is 2.30 bits per heavy atom. The van der Waals surface area contributed by atoms with Gasteiger partial charge in [-0.05, 0) is 56.3 Å². The Morgan fingerprint density at radius 1 is 0.889 bits per heavy atom. The number of hydrogen-bond donors (Lipinski definition) is 1. The number of rotatable bonds is 4.